The van der Waals surface area contributed by atoms with Gasteiger partial charge in [0.1, 0.15) is 6.10 Å². The Labute approximate surface area is 156 Å². The van der Waals surface area contributed by atoms with Crippen LogP contribution in [0.4, 0.5) is 0 Å². The minimum atomic E-state index is -0.358. The quantitative estimate of drug-likeness (QED) is 0.823. The van der Waals surface area contributed by atoms with Gasteiger partial charge in [-0.3, -0.25) is 9.69 Å². The minimum Gasteiger partial charge on any atom is -0.366 e. The van der Waals surface area contributed by atoms with Crippen molar-refractivity contribution in [2.75, 3.05) is 39.3 Å². The van der Waals surface area contributed by atoms with Crippen LogP contribution in [-0.4, -0.2) is 56.2 Å². The third kappa shape index (κ3) is 5.60. The summed E-state index contributed by atoms with van der Waals surface area (Å²) in [5.74, 6) is -0.00710. The average molecular weight is 376 g/mol. The van der Waals surface area contributed by atoms with E-state index < -0.39 is 0 Å². The molecule has 2 aliphatic rings. The van der Waals surface area contributed by atoms with Gasteiger partial charge in [-0.2, -0.15) is 0 Å². The molecule has 0 saturated carbocycles. The Morgan fingerprint density at radius 3 is 2.58 bits per heavy atom. The lowest BCUT2D eigenvalue weighted by molar-refractivity contribution is -0.134. The average Bonchev–Trinajstić information content (AvgIpc) is 3.11. The topological polar surface area (TPSA) is 53.6 Å². The van der Waals surface area contributed by atoms with E-state index in [-0.39, 0.29) is 42.9 Å². The maximum Gasteiger partial charge on any atom is 0.250 e. The van der Waals surface area contributed by atoms with E-state index in [0.717, 1.165) is 19.6 Å². The van der Waals surface area contributed by atoms with Crippen molar-refractivity contribution < 1.29 is 9.53 Å². The van der Waals surface area contributed by atoms with Gasteiger partial charge in [-0.15, -0.1) is 24.8 Å². The fraction of sp³-hybridized carbons (Fsp3) is 0.588. The van der Waals surface area contributed by atoms with E-state index in [1.54, 1.807) is 0 Å². The number of carbonyl (C=O) groups is 1. The maximum atomic E-state index is 12.3. The van der Waals surface area contributed by atoms with E-state index in [1.807, 2.05) is 6.07 Å². The second-order valence-electron chi connectivity index (χ2n) is 5.98. The van der Waals surface area contributed by atoms with Crippen LogP contribution in [0, 0.1) is 0 Å². The Morgan fingerprint density at radius 1 is 1.25 bits per heavy atom. The molecule has 136 valence electrons. The number of carbonyl (C=O) groups excluding carboxylic acids is 1. The van der Waals surface area contributed by atoms with Crippen molar-refractivity contribution in [3.8, 4) is 0 Å². The standard InChI is InChI=1S/C17H25N3O2.2ClH/c21-17(16-13-18-8-11-22-16)19-12-15(20-9-4-5-10-20)14-6-2-1-3-7-14;;/h1-3,6-7,15-16,18H,4-5,8-13H2,(H,19,21);2*1H. The lowest BCUT2D eigenvalue weighted by atomic mass is 10.1. The highest BCUT2D eigenvalue weighted by Crippen LogP contribution is 2.24. The lowest BCUT2D eigenvalue weighted by Crippen LogP contribution is -2.49. The van der Waals surface area contributed by atoms with E-state index in [4.69, 9.17) is 4.74 Å². The fourth-order valence-corrected chi connectivity index (χ4v) is 3.23. The molecular weight excluding hydrogens is 349 g/mol. The lowest BCUT2D eigenvalue weighted by Gasteiger charge is -2.29. The smallest absolute Gasteiger partial charge is 0.250 e. The molecule has 0 aliphatic carbocycles. The van der Waals surface area contributed by atoms with Crippen molar-refractivity contribution in [1.82, 2.24) is 15.5 Å². The van der Waals surface area contributed by atoms with Gasteiger partial charge in [0, 0.05) is 19.6 Å². The SMILES string of the molecule is Cl.Cl.O=C(NCC(c1ccccc1)N1CCCC1)C1CNCCO1. The molecule has 2 N–H and O–H groups in total. The van der Waals surface area contributed by atoms with Crippen molar-refractivity contribution in [1.29, 1.82) is 0 Å². The van der Waals surface area contributed by atoms with Crippen molar-refractivity contribution in [3.63, 3.8) is 0 Å². The van der Waals surface area contributed by atoms with Crippen molar-refractivity contribution in [2.24, 2.45) is 0 Å². The summed E-state index contributed by atoms with van der Waals surface area (Å²) in [5.41, 5.74) is 1.27. The van der Waals surface area contributed by atoms with Gasteiger partial charge in [0.15, 0.2) is 0 Å². The Morgan fingerprint density at radius 2 is 1.96 bits per heavy atom. The summed E-state index contributed by atoms with van der Waals surface area (Å²) in [6.45, 7) is 4.89. The first-order valence-corrected chi connectivity index (χ1v) is 8.23. The monoisotopic (exact) mass is 375 g/mol. The molecule has 1 aromatic rings. The van der Waals surface area contributed by atoms with Crippen molar-refractivity contribution in [3.05, 3.63) is 35.9 Å². The normalized spacial score (nSPS) is 22.1. The van der Waals surface area contributed by atoms with Gasteiger partial charge >= 0.3 is 0 Å². The number of morpholine rings is 1. The third-order valence-electron chi connectivity index (χ3n) is 4.46. The molecule has 2 fully saturated rings. The van der Waals surface area contributed by atoms with Crippen LogP contribution >= 0.6 is 24.8 Å². The Balaban J connectivity index is 0.00000144. The van der Waals surface area contributed by atoms with E-state index >= 15 is 0 Å². The van der Waals surface area contributed by atoms with Crippen molar-refractivity contribution >= 4 is 30.7 Å². The van der Waals surface area contributed by atoms with Gasteiger partial charge in [-0.05, 0) is 31.5 Å². The zero-order valence-electron chi connectivity index (χ0n) is 13.8. The molecule has 1 aromatic carbocycles. The molecule has 0 spiro atoms. The van der Waals surface area contributed by atoms with Gasteiger partial charge < -0.3 is 15.4 Å². The van der Waals surface area contributed by atoms with Crippen LogP contribution in [-0.2, 0) is 9.53 Å². The first-order chi connectivity index (χ1) is 10.8. The van der Waals surface area contributed by atoms with Crippen LogP contribution < -0.4 is 10.6 Å². The number of rotatable bonds is 5. The van der Waals surface area contributed by atoms with E-state index in [9.17, 15) is 4.79 Å². The predicted molar refractivity (Wildman–Crippen MR) is 100 cm³/mol. The molecule has 24 heavy (non-hydrogen) atoms. The van der Waals surface area contributed by atoms with Crippen LogP contribution in [0.5, 0.6) is 0 Å². The van der Waals surface area contributed by atoms with Crippen molar-refractivity contribution in [2.45, 2.75) is 25.0 Å². The zero-order chi connectivity index (χ0) is 15.2. The number of benzene rings is 1. The van der Waals surface area contributed by atoms with Crippen LogP contribution in [0.15, 0.2) is 30.3 Å². The fourth-order valence-electron chi connectivity index (χ4n) is 3.23. The third-order valence-corrected chi connectivity index (χ3v) is 4.46. The molecule has 0 aromatic heterocycles. The van der Waals surface area contributed by atoms with Gasteiger partial charge in [0.05, 0.1) is 12.6 Å². The van der Waals surface area contributed by atoms with Gasteiger partial charge in [-0.1, -0.05) is 30.3 Å². The van der Waals surface area contributed by atoms with E-state index in [0.29, 0.717) is 19.7 Å². The Kier molecular flexibility index (Phi) is 9.63. The summed E-state index contributed by atoms with van der Waals surface area (Å²) >= 11 is 0. The predicted octanol–water partition coefficient (Wildman–Crippen LogP) is 1.77. The summed E-state index contributed by atoms with van der Waals surface area (Å²) in [6.07, 6.45) is 2.13. The number of hydrogen-bond acceptors (Lipinski definition) is 4. The summed E-state index contributed by atoms with van der Waals surface area (Å²) in [4.78, 5) is 14.7. The Bertz CT molecular complexity index is 478. The highest BCUT2D eigenvalue weighted by atomic mass is 35.5. The number of nitrogens with zero attached hydrogens (tertiary/aromatic N) is 1. The molecular formula is C17H27Cl2N3O2. The second-order valence-corrected chi connectivity index (χ2v) is 5.98. The van der Waals surface area contributed by atoms with E-state index in [1.165, 1.54) is 18.4 Å². The van der Waals surface area contributed by atoms with Crippen LogP contribution in [0.2, 0.25) is 0 Å². The molecule has 2 saturated heterocycles. The van der Waals surface area contributed by atoms with Crippen LogP contribution in [0.1, 0.15) is 24.4 Å². The summed E-state index contributed by atoms with van der Waals surface area (Å²) < 4.78 is 5.52. The number of amides is 1. The van der Waals surface area contributed by atoms with Crippen LogP contribution in [0.25, 0.3) is 0 Å². The zero-order valence-corrected chi connectivity index (χ0v) is 15.4. The molecule has 2 atom stereocenters. The van der Waals surface area contributed by atoms with Gasteiger partial charge in [-0.25, -0.2) is 0 Å². The highest BCUT2D eigenvalue weighted by molar-refractivity contribution is 5.85. The second kappa shape index (κ2) is 10.9. The minimum absolute atomic E-state index is 0. The van der Waals surface area contributed by atoms with E-state index in [2.05, 4.69) is 39.8 Å². The number of hydrogen-bond donors (Lipinski definition) is 2. The summed E-state index contributed by atoms with van der Waals surface area (Å²) in [7, 11) is 0. The maximum absolute atomic E-state index is 12.3. The molecule has 0 bridgehead atoms. The number of ether oxygens (including phenoxy) is 1. The molecule has 7 heteroatoms. The molecule has 2 heterocycles. The number of likely N-dealkylation sites (tertiary alicyclic amines) is 1. The van der Waals surface area contributed by atoms with Gasteiger partial charge in [0.2, 0.25) is 0 Å². The first kappa shape index (κ1) is 21.2. The summed E-state index contributed by atoms with van der Waals surface area (Å²) in [5, 5.41) is 6.28. The molecule has 2 aliphatic heterocycles. The molecule has 2 unspecified atom stereocenters. The molecule has 1 amide bonds. The molecule has 3 rings (SSSR count). The molecule has 0 radical (unpaired) electrons. The number of nitrogens with one attached hydrogen (secondary N) is 2. The Hall–Kier alpha value is -0.850. The molecule has 5 nitrogen and oxygen atoms in total. The number of halogens is 2. The summed E-state index contributed by atoms with van der Waals surface area (Å²) in [6, 6.07) is 10.7. The van der Waals surface area contributed by atoms with Gasteiger partial charge in [0.25, 0.3) is 5.91 Å². The highest BCUT2D eigenvalue weighted by Gasteiger charge is 2.26. The largest absolute Gasteiger partial charge is 0.366 e. The first-order valence-electron chi connectivity index (χ1n) is 8.23. The van der Waals surface area contributed by atoms with Crippen LogP contribution in [0.3, 0.4) is 0 Å².